The number of hydrogen-bond acceptors (Lipinski definition) is 10. The summed E-state index contributed by atoms with van der Waals surface area (Å²) in [6.07, 6.45) is 45.7. The Morgan fingerprint density at radius 1 is 0.574 bits per heavy atom. The molecule has 1 aliphatic rings. The van der Waals surface area contributed by atoms with Crippen molar-refractivity contribution in [3.05, 3.63) is 12.2 Å². The molecule has 7 unspecified atom stereocenters. The molecule has 1 saturated heterocycles. The molecule has 0 aliphatic carbocycles. The second kappa shape index (κ2) is 45.7. The van der Waals surface area contributed by atoms with E-state index in [1.807, 2.05) is 6.08 Å². The standard InChI is InChI=1S/C55H107NO11S/c1-3-5-7-9-11-13-15-17-18-19-20-21-22-23-24-25-26-27-28-29-30-31-32-33-35-37-39-41-43-45-51(59)56-48(49(58)44-42-40-38-36-34-16-14-12-10-8-6-4-2)47-65-55-53(61)54(67-68(62,63)64)52(60)50(46-57)66-55/h42,44,48-50,52-55,57-58,60-61H,3-41,43,45-47H2,1-2H3,(H,56,59)(H,62,63,64)/b44-42+. The second-order valence-electron chi connectivity index (χ2n) is 20.2. The molecule has 1 aliphatic heterocycles. The Morgan fingerprint density at radius 3 is 1.28 bits per heavy atom. The maximum atomic E-state index is 13.1. The average molecular weight is 991 g/mol. The monoisotopic (exact) mass is 990 g/mol. The summed E-state index contributed by atoms with van der Waals surface area (Å²) in [6, 6.07) is -0.939. The molecule has 0 bridgehead atoms. The van der Waals surface area contributed by atoms with Crippen LogP contribution in [0, 0.1) is 0 Å². The van der Waals surface area contributed by atoms with Crippen LogP contribution in [0.4, 0.5) is 0 Å². The molecule has 1 rings (SSSR count). The van der Waals surface area contributed by atoms with Crippen molar-refractivity contribution in [2.45, 2.75) is 320 Å². The van der Waals surface area contributed by atoms with E-state index < -0.39 is 59.9 Å². The highest BCUT2D eigenvalue weighted by atomic mass is 32.3. The number of amides is 1. The van der Waals surface area contributed by atoms with Crippen LogP contribution in [0.25, 0.3) is 0 Å². The summed E-state index contributed by atoms with van der Waals surface area (Å²) in [4.78, 5) is 13.1. The highest BCUT2D eigenvalue weighted by Gasteiger charge is 2.48. The number of carbonyl (C=O) groups excluding carboxylic acids is 1. The molecule has 0 aromatic carbocycles. The third-order valence-corrected chi connectivity index (χ3v) is 14.3. The lowest BCUT2D eigenvalue weighted by Crippen LogP contribution is -2.61. The minimum absolute atomic E-state index is 0.257. The molecule has 13 heteroatoms. The third kappa shape index (κ3) is 37.6. The van der Waals surface area contributed by atoms with Gasteiger partial charge in [-0.05, 0) is 19.3 Å². The van der Waals surface area contributed by atoms with Crippen LogP contribution in [0.15, 0.2) is 12.2 Å². The fourth-order valence-electron chi connectivity index (χ4n) is 9.40. The van der Waals surface area contributed by atoms with E-state index in [-0.39, 0.29) is 18.9 Å². The van der Waals surface area contributed by atoms with Crippen molar-refractivity contribution in [3.8, 4) is 0 Å². The van der Waals surface area contributed by atoms with E-state index in [1.54, 1.807) is 6.08 Å². The molecule has 1 amide bonds. The summed E-state index contributed by atoms with van der Waals surface area (Å²) in [6.45, 7) is 3.41. The van der Waals surface area contributed by atoms with E-state index in [0.717, 1.165) is 38.5 Å². The summed E-state index contributed by atoms with van der Waals surface area (Å²) in [7, 11) is -5.08. The van der Waals surface area contributed by atoms with Crippen molar-refractivity contribution >= 4 is 16.3 Å². The molecule has 1 fully saturated rings. The van der Waals surface area contributed by atoms with E-state index in [2.05, 4.69) is 23.3 Å². The fraction of sp³-hybridized carbons (Fsp3) is 0.945. The lowest BCUT2D eigenvalue weighted by Gasteiger charge is -2.41. The predicted octanol–water partition coefficient (Wildman–Crippen LogP) is 13.1. The van der Waals surface area contributed by atoms with Crippen LogP contribution in [-0.4, -0.2) is 95.4 Å². The largest absolute Gasteiger partial charge is 0.397 e. The molecule has 1 heterocycles. The molecule has 6 N–H and O–H groups in total. The molecule has 68 heavy (non-hydrogen) atoms. The molecule has 0 radical (unpaired) electrons. The lowest BCUT2D eigenvalue weighted by molar-refractivity contribution is -0.298. The minimum Gasteiger partial charge on any atom is -0.394 e. The summed E-state index contributed by atoms with van der Waals surface area (Å²) < 4.78 is 47.7. The zero-order valence-electron chi connectivity index (χ0n) is 43.7. The fourth-order valence-corrected chi connectivity index (χ4v) is 9.91. The number of carbonyl (C=O) groups is 1. The van der Waals surface area contributed by atoms with E-state index in [4.69, 9.17) is 9.47 Å². The van der Waals surface area contributed by atoms with Gasteiger partial charge in [-0.3, -0.25) is 9.35 Å². The van der Waals surface area contributed by atoms with Gasteiger partial charge in [0.05, 0.1) is 25.4 Å². The molecule has 7 atom stereocenters. The quantitative estimate of drug-likeness (QED) is 0.0193. The first kappa shape index (κ1) is 64.9. The summed E-state index contributed by atoms with van der Waals surface area (Å²) in [5.41, 5.74) is 0. The summed E-state index contributed by atoms with van der Waals surface area (Å²) >= 11 is 0. The van der Waals surface area contributed by atoms with Gasteiger partial charge in [0, 0.05) is 6.42 Å². The number of aliphatic hydroxyl groups excluding tert-OH is 4. The van der Waals surface area contributed by atoms with Crippen LogP contribution in [-0.2, 0) is 28.9 Å². The van der Waals surface area contributed by atoms with Crippen molar-refractivity contribution in [2.24, 2.45) is 0 Å². The molecule has 0 aromatic heterocycles. The number of hydrogen-bond donors (Lipinski definition) is 6. The summed E-state index contributed by atoms with van der Waals surface area (Å²) in [5.74, 6) is -0.257. The SMILES string of the molecule is CCCCCCCCCCCC/C=C/C(O)C(COC1OC(CO)C(O)C(OS(=O)(=O)O)C1O)NC(=O)CCCCCCCCCCCCCCCCCCCCCCCCCCCCCCC. The maximum Gasteiger partial charge on any atom is 0.397 e. The number of unbranched alkanes of at least 4 members (excludes halogenated alkanes) is 38. The first-order chi connectivity index (χ1) is 33.0. The van der Waals surface area contributed by atoms with Crippen LogP contribution in [0.2, 0.25) is 0 Å². The number of rotatable bonds is 50. The minimum atomic E-state index is -5.08. The zero-order valence-corrected chi connectivity index (χ0v) is 44.5. The van der Waals surface area contributed by atoms with Crippen molar-refractivity contribution in [2.75, 3.05) is 13.2 Å². The van der Waals surface area contributed by atoms with E-state index in [0.29, 0.717) is 6.42 Å². The van der Waals surface area contributed by atoms with Crippen molar-refractivity contribution in [1.29, 1.82) is 0 Å². The maximum absolute atomic E-state index is 13.1. The second-order valence-corrected chi connectivity index (χ2v) is 21.3. The molecular weight excluding hydrogens is 883 g/mol. The Morgan fingerprint density at radius 2 is 0.926 bits per heavy atom. The Bertz CT molecular complexity index is 1260. The smallest absolute Gasteiger partial charge is 0.394 e. The lowest BCUT2D eigenvalue weighted by atomic mass is 9.99. The first-order valence-electron chi connectivity index (χ1n) is 28.6. The van der Waals surface area contributed by atoms with Gasteiger partial charge in [0.2, 0.25) is 5.91 Å². The van der Waals surface area contributed by atoms with Crippen LogP contribution in [0.3, 0.4) is 0 Å². The highest BCUT2D eigenvalue weighted by Crippen LogP contribution is 2.26. The third-order valence-electron chi connectivity index (χ3n) is 13.8. The molecular formula is C55H107NO11S. The number of nitrogens with one attached hydrogen (secondary N) is 1. The highest BCUT2D eigenvalue weighted by molar-refractivity contribution is 7.80. The first-order valence-corrected chi connectivity index (χ1v) is 29.9. The number of aliphatic hydroxyl groups is 4. The van der Waals surface area contributed by atoms with Crippen molar-refractivity contribution in [1.82, 2.24) is 5.32 Å². The molecule has 0 saturated carbocycles. The molecule has 0 aromatic rings. The van der Waals surface area contributed by atoms with Gasteiger partial charge in [0.15, 0.2) is 6.29 Å². The van der Waals surface area contributed by atoms with Crippen LogP contribution < -0.4 is 5.32 Å². The predicted molar refractivity (Wildman–Crippen MR) is 278 cm³/mol. The molecule has 0 spiro atoms. The van der Waals surface area contributed by atoms with Gasteiger partial charge in [-0.15, -0.1) is 0 Å². The molecule has 404 valence electrons. The normalized spacial score (nSPS) is 19.8. The topological polar surface area (TPSA) is 192 Å². The Labute approximate surface area is 417 Å². The number of allylic oxidation sites excluding steroid dienone is 1. The Hall–Kier alpha value is -1.16. The zero-order chi connectivity index (χ0) is 49.8. The van der Waals surface area contributed by atoms with Gasteiger partial charge in [0.25, 0.3) is 0 Å². The van der Waals surface area contributed by atoms with E-state index >= 15 is 0 Å². The van der Waals surface area contributed by atoms with Crippen molar-refractivity contribution < 1.29 is 51.8 Å². The Kier molecular flexibility index (Phi) is 43.6. The van der Waals surface area contributed by atoms with Gasteiger partial charge < -0.3 is 35.2 Å². The van der Waals surface area contributed by atoms with Gasteiger partial charge in [0.1, 0.15) is 24.4 Å². The summed E-state index contributed by atoms with van der Waals surface area (Å²) in [5, 5.41) is 44.8. The average Bonchev–Trinajstić information content (AvgIpc) is 3.31. The molecule has 12 nitrogen and oxygen atoms in total. The van der Waals surface area contributed by atoms with Gasteiger partial charge in [-0.1, -0.05) is 264 Å². The van der Waals surface area contributed by atoms with Gasteiger partial charge in [-0.2, -0.15) is 8.42 Å². The van der Waals surface area contributed by atoms with E-state index in [9.17, 15) is 38.2 Å². The Balaban J connectivity index is 2.25. The van der Waals surface area contributed by atoms with E-state index in [1.165, 1.54) is 212 Å². The van der Waals surface area contributed by atoms with Crippen molar-refractivity contribution in [3.63, 3.8) is 0 Å². The van der Waals surface area contributed by atoms with Crippen LogP contribution in [0.1, 0.15) is 277 Å². The number of ether oxygens (including phenoxy) is 2. The van der Waals surface area contributed by atoms with Crippen LogP contribution in [0.5, 0.6) is 0 Å². The van der Waals surface area contributed by atoms with Gasteiger partial charge in [-0.25, -0.2) is 4.18 Å². The van der Waals surface area contributed by atoms with Crippen LogP contribution >= 0.6 is 0 Å². The van der Waals surface area contributed by atoms with Gasteiger partial charge >= 0.3 is 10.4 Å².